The molecule has 1 atom stereocenters. The molecule has 2 aromatic carbocycles. The predicted molar refractivity (Wildman–Crippen MR) is 122 cm³/mol. The van der Waals surface area contributed by atoms with E-state index in [1.807, 2.05) is 38.1 Å². The Hall–Kier alpha value is -2.43. The summed E-state index contributed by atoms with van der Waals surface area (Å²) >= 11 is 2.66. The first-order valence-corrected chi connectivity index (χ1v) is 12.4. The molecule has 2 N–H and O–H groups in total. The number of sulfonamides is 1. The van der Waals surface area contributed by atoms with Crippen LogP contribution in [0, 0.1) is 13.8 Å². The van der Waals surface area contributed by atoms with Gasteiger partial charge in [-0.3, -0.25) is 9.52 Å². The van der Waals surface area contributed by atoms with Gasteiger partial charge in [0, 0.05) is 10.6 Å². The Bertz CT molecular complexity index is 1110. The molecule has 7 nitrogen and oxygen atoms in total. The molecule has 0 radical (unpaired) electrons. The van der Waals surface area contributed by atoms with E-state index in [2.05, 4.69) is 20.2 Å². The monoisotopic (exact) mass is 462 g/mol. The van der Waals surface area contributed by atoms with Gasteiger partial charge >= 0.3 is 0 Å². The van der Waals surface area contributed by atoms with Crippen LogP contribution in [-0.4, -0.2) is 29.8 Å². The third kappa shape index (κ3) is 5.80. The lowest BCUT2D eigenvalue weighted by Gasteiger charge is -2.15. The number of thioether (sulfide) groups is 1. The molecule has 3 aromatic rings. The molecule has 0 fully saturated rings. The molecular weight excluding hydrogens is 440 g/mol. The van der Waals surface area contributed by atoms with Crippen molar-refractivity contribution in [2.75, 3.05) is 10.0 Å². The molecule has 10 heteroatoms. The summed E-state index contributed by atoms with van der Waals surface area (Å²) in [5, 5.41) is 11.1. The molecular formula is C20H22N4O3S3. The number of nitrogens with one attached hydrogen (secondary N) is 2. The molecule has 0 bridgehead atoms. The molecule has 0 saturated heterocycles. The fraction of sp³-hybridized carbons (Fsp3) is 0.250. The number of benzene rings is 2. The van der Waals surface area contributed by atoms with E-state index in [1.54, 1.807) is 19.1 Å². The summed E-state index contributed by atoms with van der Waals surface area (Å²) in [6.07, 6.45) is 0.669. The quantitative estimate of drug-likeness (QED) is 0.479. The van der Waals surface area contributed by atoms with E-state index in [4.69, 9.17) is 0 Å². The molecule has 0 saturated carbocycles. The summed E-state index contributed by atoms with van der Waals surface area (Å²) in [6.45, 7) is 5.72. The van der Waals surface area contributed by atoms with E-state index >= 15 is 0 Å². The lowest BCUT2D eigenvalue weighted by molar-refractivity contribution is -0.115. The third-order valence-corrected chi connectivity index (χ3v) is 7.76. The van der Waals surface area contributed by atoms with Gasteiger partial charge < -0.3 is 5.32 Å². The Kier molecular flexibility index (Phi) is 7.11. The SMILES string of the molecule is CCC(Sc1ccc(C)cc1)C(=O)Nc1ccc(S(=O)(=O)Nc2nnc(C)s2)cc1. The first kappa shape index (κ1) is 22.3. The zero-order valence-electron chi connectivity index (χ0n) is 16.7. The molecule has 0 spiro atoms. The van der Waals surface area contributed by atoms with Crippen LogP contribution in [0.5, 0.6) is 0 Å². The number of aryl methyl sites for hydroxylation is 2. The van der Waals surface area contributed by atoms with Crippen molar-refractivity contribution in [1.29, 1.82) is 0 Å². The fourth-order valence-corrected chi connectivity index (χ4v) is 5.33. The summed E-state index contributed by atoms with van der Waals surface area (Å²) in [7, 11) is -3.77. The summed E-state index contributed by atoms with van der Waals surface area (Å²) < 4.78 is 27.3. The molecule has 1 heterocycles. The number of hydrogen-bond donors (Lipinski definition) is 2. The van der Waals surface area contributed by atoms with E-state index in [0.717, 1.165) is 16.2 Å². The number of anilines is 2. The van der Waals surface area contributed by atoms with Crippen LogP contribution in [0.3, 0.4) is 0 Å². The number of carbonyl (C=O) groups excluding carboxylic acids is 1. The lowest BCUT2D eigenvalue weighted by atomic mass is 10.2. The number of hydrogen-bond acceptors (Lipinski definition) is 7. The van der Waals surface area contributed by atoms with Gasteiger partial charge in [-0.05, 0) is 56.7 Å². The second kappa shape index (κ2) is 9.59. The Balaban J connectivity index is 1.65. The highest BCUT2D eigenvalue weighted by Gasteiger charge is 2.19. The summed E-state index contributed by atoms with van der Waals surface area (Å²) in [6, 6.07) is 14.1. The van der Waals surface area contributed by atoms with Crippen LogP contribution >= 0.6 is 23.1 Å². The van der Waals surface area contributed by atoms with Crippen molar-refractivity contribution < 1.29 is 13.2 Å². The normalized spacial score (nSPS) is 12.4. The van der Waals surface area contributed by atoms with Crippen LogP contribution in [0.25, 0.3) is 0 Å². The molecule has 0 aliphatic rings. The highest BCUT2D eigenvalue weighted by molar-refractivity contribution is 8.00. The van der Waals surface area contributed by atoms with Gasteiger partial charge in [0.25, 0.3) is 10.0 Å². The van der Waals surface area contributed by atoms with Crippen molar-refractivity contribution in [3.05, 3.63) is 59.1 Å². The Morgan fingerprint density at radius 1 is 1.07 bits per heavy atom. The van der Waals surface area contributed by atoms with Crippen LogP contribution in [-0.2, 0) is 14.8 Å². The van der Waals surface area contributed by atoms with E-state index in [0.29, 0.717) is 17.1 Å². The minimum Gasteiger partial charge on any atom is -0.325 e. The summed E-state index contributed by atoms with van der Waals surface area (Å²) in [4.78, 5) is 13.8. The second-order valence-corrected chi connectivity index (χ2v) is 10.7. The van der Waals surface area contributed by atoms with Gasteiger partial charge in [0.2, 0.25) is 11.0 Å². The van der Waals surface area contributed by atoms with Crippen molar-refractivity contribution >= 4 is 49.8 Å². The first-order chi connectivity index (χ1) is 14.3. The smallest absolute Gasteiger partial charge is 0.263 e. The topological polar surface area (TPSA) is 101 Å². The van der Waals surface area contributed by atoms with Gasteiger partial charge in [0.05, 0.1) is 10.1 Å². The number of aromatic nitrogens is 2. The third-order valence-electron chi connectivity index (χ3n) is 4.14. The van der Waals surface area contributed by atoms with E-state index in [9.17, 15) is 13.2 Å². The molecule has 0 aliphatic carbocycles. The highest BCUT2D eigenvalue weighted by Crippen LogP contribution is 2.27. The van der Waals surface area contributed by atoms with E-state index < -0.39 is 10.0 Å². The van der Waals surface area contributed by atoms with Crippen molar-refractivity contribution in [2.24, 2.45) is 0 Å². The van der Waals surface area contributed by atoms with E-state index in [1.165, 1.54) is 29.5 Å². The van der Waals surface area contributed by atoms with Crippen molar-refractivity contribution in [2.45, 2.75) is 42.2 Å². The average Bonchev–Trinajstić information content (AvgIpc) is 3.11. The lowest BCUT2D eigenvalue weighted by Crippen LogP contribution is -2.24. The average molecular weight is 463 g/mol. The molecule has 1 aromatic heterocycles. The van der Waals surface area contributed by atoms with Crippen molar-refractivity contribution in [3.63, 3.8) is 0 Å². The Morgan fingerprint density at radius 2 is 1.73 bits per heavy atom. The summed E-state index contributed by atoms with van der Waals surface area (Å²) in [5.41, 5.74) is 1.70. The number of rotatable bonds is 8. The molecule has 0 aliphatic heterocycles. The van der Waals surface area contributed by atoms with Crippen molar-refractivity contribution in [1.82, 2.24) is 10.2 Å². The standard InChI is InChI=1S/C20H22N4O3S3/c1-4-18(29-16-9-5-13(2)6-10-16)19(25)21-15-7-11-17(12-8-15)30(26,27)24-20-23-22-14(3)28-20/h5-12,18H,4H2,1-3H3,(H,21,25)(H,23,24). The van der Waals surface area contributed by atoms with Gasteiger partial charge in [0.15, 0.2) is 0 Å². The Labute approximate surface area is 184 Å². The van der Waals surface area contributed by atoms with Gasteiger partial charge in [0.1, 0.15) is 5.01 Å². The van der Waals surface area contributed by atoms with Crippen LogP contribution in [0.4, 0.5) is 10.8 Å². The van der Waals surface area contributed by atoms with E-state index in [-0.39, 0.29) is 21.2 Å². The predicted octanol–water partition coefficient (Wildman–Crippen LogP) is 4.47. The molecule has 3 rings (SSSR count). The molecule has 1 unspecified atom stereocenters. The van der Waals surface area contributed by atoms with Crippen LogP contribution in [0.2, 0.25) is 0 Å². The number of nitrogens with zero attached hydrogens (tertiary/aromatic N) is 2. The molecule has 30 heavy (non-hydrogen) atoms. The maximum absolute atomic E-state index is 12.7. The van der Waals surface area contributed by atoms with Gasteiger partial charge in [-0.15, -0.1) is 22.0 Å². The maximum Gasteiger partial charge on any atom is 0.263 e. The van der Waals surface area contributed by atoms with Crippen LogP contribution in [0.15, 0.2) is 58.3 Å². The van der Waals surface area contributed by atoms with Crippen LogP contribution in [0.1, 0.15) is 23.9 Å². The van der Waals surface area contributed by atoms with Crippen LogP contribution < -0.4 is 10.0 Å². The second-order valence-electron chi connectivity index (χ2n) is 6.57. The molecule has 158 valence electrons. The minimum absolute atomic E-state index is 0.0782. The minimum atomic E-state index is -3.77. The van der Waals surface area contributed by atoms with Crippen molar-refractivity contribution in [3.8, 4) is 0 Å². The Morgan fingerprint density at radius 3 is 2.30 bits per heavy atom. The zero-order chi connectivity index (χ0) is 21.7. The highest BCUT2D eigenvalue weighted by atomic mass is 32.2. The fourth-order valence-electron chi connectivity index (χ4n) is 2.56. The van der Waals surface area contributed by atoms with Gasteiger partial charge in [-0.1, -0.05) is 36.0 Å². The largest absolute Gasteiger partial charge is 0.325 e. The van der Waals surface area contributed by atoms with Gasteiger partial charge in [-0.25, -0.2) is 8.42 Å². The number of amides is 1. The molecule has 1 amide bonds. The summed E-state index contributed by atoms with van der Waals surface area (Å²) in [5.74, 6) is -0.124. The number of carbonyl (C=O) groups is 1. The van der Waals surface area contributed by atoms with Gasteiger partial charge in [-0.2, -0.15) is 0 Å². The maximum atomic E-state index is 12.7. The first-order valence-electron chi connectivity index (χ1n) is 9.24. The zero-order valence-corrected chi connectivity index (χ0v) is 19.2.